The Morgan fingerprint density at radius 3 is 2.90 bits per heavy atom. The number of hydrogen-bond donors (Lipinski definition) is 2. The maximum absolute atomic E-state index is 12.4. The van der Waals surface area contributed by atoms with Gasteiger partial charge in [-0.3, -0.25) is 9.69 Å². The van der Waals surface area contributed by atoms with Gasteiger partial charge in [-0.2, -0.15) is 0 Å². The van der Waals surface area contributed by atoms with E-state index in [4.69, 9.17) is 4.42 Å². The molecule has 1 aromatic heterocycles. The highest BCUT2D eigenvalue weighted by Crippen LogP contribution is 2.22. The van der Waals surface area contributed by atoms with Crippen LogP contribution in [0, 0.1) is 6.92 Å². The van der Waals surface area contributed by atoms with E-state index in [9.17, 15) is 9.90 Å². The molecule has 2 rings (SSSR count). The third-order valence-corrected chi connectivity index (χ3v) is 4.20. The monoisotopic (exact) mass is 294 g/mol. The zero-order valence-corrected chi connectivity index (χ0v) is 13.2. The van der Waals surface area contributed by atoms with E-state index < -0.39 is 5.60 Å². The highest BCUT2D eigenvalue weighted by atomic mass is 16.4. The van der Waals surface area contributed by atoms with Crippen LogP contribution in [-0.2, 0) is 10.4 Å². The number of furan rings is 1. The van der Waals surface area contributed by atoms with Crippen molar-refractivity contribution in [3.63, 3.8) is 0 Å². The van der Waals surface area contributed by atoms with Crippen LogP contribution in [0.1, 0.15) is 44.6 Å². The van der Waals surface area contributed by atoms with Crippen molar-refractivity contribution in [2.45, 2.75) is 51.7 Å². The molecule has 1 aliphatic rings. The van der Waals surface area contributed by atoms with Gasteiger partial charge < -0.3 is 14.8 Å². The van der Waals surface area contributed by atoms with Crippen LogP contribution in [0.4, 0.5) is 0 Å². The molecule has 5 nitrogen and oxygen atoms in total. The second kappa shape index (κ2) is 6.62. The molecule has 1 saturated heterocycles. The van der Waals surface area contributed by atoms with E-state index in [-0.39, 0.29) is 18.5 Å². The van der Waals surface area contributed by atoms with Crippen LogP contribution >= 0.6 is 0 Å². The Bertz CT molecular complexity index is 482. The van der Waals surface area contributed by atoms with Gasteiger partial charge in [0.25, 0.3) is 0 Å². The highest BCUT2D eigenvalue weighted by Gasteiger charge is 2.31. The van der Waals surface area contributed by atoms with Crippen molar-refractivity contribution in [3.05, 3.63) is 23.7 Å². The third kappa shape index (κ3) is 3.86. The van der Waals surface area contributed by atoms with Crippen molar-refractivity contribution in [1.82, 2.24) is 10.2 Å². The maximum atomic E-state index is 12.4. The number of rotatable bonds is 5. The van der Waals surface area contributed by atoms with Gasteiger partial charge in [0.15, 0.2) is 0 Å². The number of carbonyl (C=O) groups excluding carboxylic acids is 1. The molecule has 5 heteroatoms. The van der Waals surface area contributed by atoms with Crippen LogP contribution in [0.3, 0.4) is 0 Å². The van der Waals surface area contributed by atoms with Gasteiger partial charge in [-0.25, -0.2) is 0 Å². The lowest BCUT2D eigenvalue weighted by atomic mass is 10.00. The van der Waals surface area contributed by atoms with Crippen molar-refractivity contribution in [2.75, 3.05) is 19.6 Å². The topological polar surface area (TPSA) is 65.7 Å². The normalized spacial score (nSPS) is 22.8. The first-order chi connectivity index (χ1) is 9.94. The zero-order valence-electron chi connectivity index (χ0n) is 13.2. The van der Waals surface area contributed by atoms with Crippen molar-refractivity contribution < 1.29 is 14.3 Å². The molecule has 0 aliphatic carbocycles. The summed E-state index contributed by atoms with van der Waals surface area (Å²) in [5, 5.41) is 13.3. The molecule has 118 valence electrons. The maximum Gasteiger partial charge on any atom is 0.237 e. The first-order valence-corrected chi connectivity index (χ1v) is 7.75. The zero-order chi connectivity index (χ0) is 15.5. The molecular formula is C16H26N2O3. The molecule has 2 N–H and O–H groups in total. The standard InChI is InChI=1S/C16H26N2O3/c1-4-18-10-6-5-7-13(18)15(19)17-11-16(3,20)14-9-8-12(2)21-14/h8-9,13,20H,4-7,10-11H2,1-3H3,(H,17,19). The van der Waals surface area contributed by atoms with Crippen molar-refractivity contribution in [3.8, 4) is 0 Å². The summed E-state index contributed by atoms with van der Waals surface area (Å²) >= 11 is 0. The molecule has 1 aliphatic heterocycles. The van der Waals surface area contributed by atoms with E-state index in [1.807, 2.05) is 13.0 Å². The first-order valence-electron chi connectivity index (χ1n) is 7.75. The molecule has 1 aromatic rings. The summed E-state index contributed by atoms with van der Waals surface area (Å²) in [5.41, 5.74) is -1.18. The third-order valence-electron chi connectivity index (χ3n) is 4.20. The Balaban J connectivity index is 1.93. The first kappa shape index (κ1) is 16.0. The summed E-state index contributed by atoms with van der Waals surface area (Å²) < 4.78 is 5.46. The molecule has 2 heterocycles. The number of aliphatic hydroxyl groups is 1. The Morgan fingerprint density at radius 1 is 1.52 bits per heavy atom. The summed E-state index contributed by atoms with van der Waals surface area (Å²) in [5.74, 6) is 1.23. The van der Waals surface area contributed by atoms with E-state index in [0.29, 0.717) is 5.76 Å². The SMILES string of the molecule is CCN1CCCCC1C(=O)NCC(C)(O)c1ccc(C)o1. The fourth-order valence-electron chi connectivity index (χ4n) is 2.85. The molecule has 0 spiro atoms. The average Bonchev–Trinajstić information content (AvgIpc) is 2.92. The minimum absolute atomic E-state index is 0.0000954. The Morgan fingerprint density at radius 2 is 2.29 bits per heavy atom. The molecular weight excluding hydrogens is 268 g/mol. The number of amides is 1. The van der Waals surface area contributed by atoms with Crippen LogP contribution in [-0.4, -0.2) is 41.6 Å². The lowest BCUT2D eigenvalue weighted by Crippen LogP contribution is -2.51. The summed E-state index contributed by atoms with van der Waals surface area (Å²) in [4.78, 5) is 14.6. The number of nitrogens with one attached hydrogen (secondary N) is 1. The predicted octanol–water partition coefficient (Wildman–Crippen LogP) is 1.79. The van der Waals surface area contributed by atoms with Gasteiger partial charge in [0.1, 0.15) is 17.1 Å². The molecule has 0 aromatic carbocycles. The lowest BCUT2D eigenvalue weighted by molar-refractivity contribution is -0.128. The van der Waals surface area contributed by atoms with Gasteiger partial charge in [0.2, 0.25) is 5.91 Å². The van der Waals surface area contributed by atoms with Gasteiger partial charge in [-0.05, 0) is 51.9 Å². The quantitative estimate of drug-likeness (QED) is 0.869. The molecule has 0 bridgehead atoms. The number of carbonyl (C=O) groups is 1. The second-order valence-corrected chi connectivity index (χ2v) is 6.04. The average molecular weight is 294 g/mol. The van der Waals surface area contributed by atoms with Crippen LogP contribution in [0.15, 0.2) is 16.5 Å². The molecule has 0 radical (unpaired) electrons. The van der Waals surface area contributed by atoms with Crippen LogP contribution in [0.2, 0.25) is 0 Å². The molecule has 0 saturated carbocycles. The molecule has 21 heavy (non-hydrogen) atoms. The Hall–Kier alpha value is -1.33. The molecule has 1 amide bonds. The molecule has 1 fully saturated rings. The minimum Gasteiger partial charge on any atom is -0.463 e. The van der Waals surface area contributed by atoms with Crippen LogP contribution in [0.25, 0.3) is 0 Å². The largest absolute Gasteiger partial charge is 0.463 e. The van der Waals surface area contributed by atoms with Gasteiger partial charge in [-0.15, -0.1) is 0 Å². The van der Waals surface area contributed by atoms with E-state index in [1.54, 1.807) is 13.0 Å². The van der Waals surface area contributed by atoms with Gasteiger partial charge in [0, 0.05) is 0 Å². The summed E-state index contributed by atoms with van der Waals surface area (Å²) in [6, 6.07) is 3.49. The Labute approximate surface area is 126 Å². The summed E-state index contributed by atoms with van der Waals surface area (Å²) in [6.07, 6.45) is 3.13. The smallest absolute Gasteiger partial charge is 0.237 e. The number of hydrogen-bond acceptors (Lipinski definition) is 4. The van der Waals surface area contributed by atoms with Crippen molar-refractivity contribution in [1.29, 1.82) is 0 Å². The fourth-order valence-corrected chi connectivity index (χ4v) is 2.85. The number of likely N-dealkylation sites (N-methyl/N-ethyl adjacent to an activating group) is 1. The van der Waals surface area contributed by atoms with E-state index in [2.05, 4.69) is 17.1 Å². The van der Waals surface area contributed by atoms with Gasteiger partial charge >= 0.3 is 0 Å². The van der Waals surface area contributed by atoms with E-state index in [0.717, 1.165) is 38.1 Å². The molecule has 2 atom stereocenters. The number of piperidine rings is 1. The minimum atomic E-state index is -1.18. The fraction of sp³-hybridized carbons (Fsp3) is 0.688. The van der Waals surface area contributed by atoms with E-state index in [1.165, 1.54) is 0 Å². The second-order valence-electron chi connectivity index (χ2n) is 6.04. The van der Waals surface area contributed by atoms with Crippen LogP contribution in [0.5, 0.6) is 0 Å². The lowest BCUT2D eigenvalue weighted by Gasteiger charge is -2.34. The van der Waals surface area contributed by atoms with Crippen LogP contribution < -0.4 is 5.32 Å². The highest BCUT2D eigenvalue weighted by molar-refractivity contribution is 5.81. The predicted molar refractivity (Wildman–Crippen MR) is 80.9 cm³/mol. The summed E-state index contributed by atoms with van der Waals surface area (Å²) in [6.45, 7) is 7.58. The number of likely N-dealkylation sites (tertiary alicyclic amines) is 1. The van der Waals surface area contributed by atoms with E-state index >= 15 is 0 Å². The molecule has 2 unspecified atom stereocenters. The Kier molecular flexibility index (Phi) is 5.06. The van der Waals surface area contributed by atoms with Gasteiger partial charge in [0.05, 0.1) is 12.6 Å². The number of nitrogens with zero attached hydrogens (tertiary/aromatic N) is 1. The van der Waals surface area contributed by atoms with Gasteiger partial charge in [-0.1, -0.05) is 13.3 Å². The summed E-state index contributed by atoms with van der Waals surface area (Å²) in [7, 11) is 0. The van der Waals surface area contributed by atoms with Crippen molar-refractivity contribution in [2.24, 2.45) is 0 Å². The van der Waals surface area contributed by atoms with Crippen molar-refractivity contribution >= 4 is 5.91 Å². The number of aryl methyl sites for hydroxylation is 1.